The quantitative estimate of drug-likeness (QED) is 0.174. The van der Waals surface area contributed by atoms with Crippen LogP contribution in [0.5, 0.6) is 0 Å². The van der Waals surface area contributed by atoms with Crippen molar-refractivity contribution in [1.29, 1.82) is 0 Å². The van der Waals surface area contributed by atoms with Crippen molar-refractivity contribution in [3.8, 4) is 0 Å². The number of halogens is 4. The molecule has 0 atom stereocenters. The van der Waals surface area contributed by atoms with Gasteiger partial charge < -0.3 is 58.7 Å². The van der Waals surface area contributed by atoms with Gasteiger partial charge in [0.1, 0.15) is 0 Å². The molecule has 22 heavy (non-hydrogen) atoms. The first kappa shape index (κ1) is 39.1. The molecule has 143 valence electrons. The van der Waals surface area contributed by atoms with Crippen LogP contribution >= 0.6 is 0 Å². The van der Waals surface area contributed by atoms with Gasteiger partial charge in [0.25, 0.3) is 0 Å². The van der Waals surface area contributed by atoms with E-state index in [0.29, 0.717) is 0 Å². The number of quaternary nitrogens is 1. The molecule has 0 aromatic rings. The van der Waals surface area contributed by atoms with Crippen molar-refractivity contribution in [2.24, 2.45) is 0 Å². The molecule has 0 spiro atoms. The first-order chi connectivity index (χ1) is 8.24. The Morgan fingerprint density at radius 3 is 0.818 bits per heavy atom. The second kappa shape index (κ2) is 27.8. The molecule has 0 unspecified atom stereocenters. The average molecular weight is 532 g/mol. The molecule has 0 N–H and O–H groups in total. The van der Waals surface area contributed by atoms with E-state index in [1.165, 1.54) is 82.0 Å². The summed E-state index contributed by atoms with van der Waals surface area (Å²) in [5.41, 5.74) is 0. The molecule has 0 aliphatic carbocycles. The minimum Gasteiger partial charge on any atom is -1.00 e. The molecule has 0 fully saturated rings. The maximum absolute atomic E-state index is 2.33. The molecule has 1 nitrogen and oxygen atoms in total. The van der Waals surface area contributed by atoms with Crippen molar-refractivity contribution < 1.29 is 78.2 Å². The normalized spacial score (nSPS) is 9.27. The Labute approximate surface area is 182 Å². The van der Waals surface area contributed by atoms with Gasteiger partial charge in [-0.15, -0.1) is 0 Å². The van der Waals surface area contributed by atoms with Gasteiger partial charge in [-0.2, -0.15) is 0 Å². The van der Waals surface area contributed by atoms with Crippen LogP contribution in [-0.4, -0.2) is 30.7 Å². The molecule has 0 bridgehead atoms. The number of hydrogen-bond donors (Lipinski definition) is 0. The second-order valence-corrected chi connectivity index (χ2v) is 5.65. The van der Waals surface area contributed by atoms with Crippen molar-refractivity contribution in [3.05, 3.63) is 0 Å². The number of rotatable bonds is 12. The smallest absolute Gasteiger partial charge is 1.00 e. The topological polar surface area (TPSA) is 0 Å². The molecule has 0 saturated carbocycles. The van der Waals surface area contributed by atoms with E-state index in [-0.39, 0.29) is 73.7 Å². The molecular formula is C16H36BrCl3NRh-. The summed E-state index contributed by atoms with van der Waals surface area (Å²) in [5, 5.41) is 0. The van der Waals surface area contributed by atoms with E-state index in [1.54, 1.807) is 0 Å². The molecule has 0 heterocycles. The Balaban J connectivity index is -0.000000128. The second-order valence-electron chi connectivity index (χ2n) is 5.65. The van der Waals surface area contributed by atoms with Gasteiger partial charge in [0, 0.05) is 0 Å². The minimum absolute atomic E-state index is 0. The van der Waals surface area contributed by atoms with Crippen molar-refractivity contribution in [1.82, 2.24) is 0 Å². The zero-order chi connectivity index (χ0) is 13.0. The van der Waals surface area contributed by atoms with Gasteiger partial charge >= 0.3 is 19.5 Å². The van der Waals surface area contributed by atoms with E-state index in [2.05, 4.69) is 27.7 Å². The number of hydrogen-bond acceptors (Lipinski definition) is 0. The van der Waals surface area contributed by atoms with E-state index in [0.717, 1.165) is 0 Å². The Kier molecular flexibility index (Phi) is 49.4. The van der Waals surface area contributed by atoms with Gasteiger partial charge in [-0.1, -0.05) is 53.4 Å². The molecule has 0 rings (SSSR count). The predicted octanol–water partition coefficient (Wildman–Crippen LogP) is -6.98. The third-order valence-corrected chi connectivity index (χ3v) is 3.94. The Morgan fingerprint density at radius 2 is 0.682 bits per heavy atom. The molecule has 0 aromatic carbocycles. The summed E-state index contributed by atoms with van der Waals surface area (Å²) in [6.07, 6.45) is 11.1. The predicted molar refractivity (Wildman–Crippen MR) is 79.4 cm³/mol. The zero-order valence-corrected chi connectivity index (χ0v) is 20.3. The zero-order valence-electron chi connectivity index (χ0n) is 14.8. The Morgan fingerprint density at radius 1 is 0.500 bits per heavy atom. The third-order valence-electron chi connectivity index (χ3n) is 3.94. The summed E-state index contributed by atoms with van der Waals surface area (Å²) < 4.78 is 1.42. The van der Waals surface area contributed by atoms with Gasteiger partial charge in [-0.05, 0) is 25.7 Å². The molecule has 0 aromatic heterocycles. The van der Waals surface area contributed by atoms with Crippen LogP contribution in [0.4, 0.5) is 0 Å². The molecular weight excluding hydrogens is 495 g/mol. The van der Waals surface area contributed by atoms with Gasteiger partial charge in [0.05, 0.1) is 26.2 Å². The van der Waals surface area contributed by atoms with Gasteiger partial charge in [-0.25, -0.2) is 0 Å². The van der Waals surface area contributed by atoms with Crippen molar-refractivity contribution in [2.75, 3.05) is 26.2 Å². The fraction of sp³-hybridized carbons (Fsp3) is 1.00. The van der Waals surface area contributed by atoms with Crippen LogP contribution in [-0.2, 0) is 19.5 Å². The van der Waals surface area contributed by atoms with E-state index >= 15 is 0 Å². The van der Waals surface area contributed by atoms with Crippen LogP contribution in [0, 0.1) is 0 Å². The standard InChI is InChI=1S/C16H36N.BrH.3ClH.Rh/c1-5-9-13-17(14-10-6-2,15-11-7-3)16-12-8-4;;;;;/h5-16H2,1-4H3;4*1H;/q+1;;;;;+2/p-4. The first-order valence-corrected chi connectivity index (χ1v) is 8.09. The minimum atomic E-state index is 0. The van der Waals surface area contributed by atoms with Crippen LogP contribution < -0.4 is 54.2 Å². The molecule has 0 amide bonds. The SMILES string of the molecule is CCCC[N+](CCCC)(CCCC)CCCC.[Br-].[Cl-].[Cl-].[Cl-].[Rh+2]. The average Bonchev–Trinajstić information content (AvgIpc) is 2.37. The fourth-order valence-electron chi connectivity index (χ4n) is 2.64. The third kappa shape index (κ3) is 20.0. The van der Waals surface area contributed by atoms with E-state index in [4.69, 9.17) is 0 Å². The Hall–Kier alpha value is 1.93. The van der Waals surface area contributed by atoms with Crippen molar-refractivity contribution in [2.45, 2.75) is 79.1 Å². The summed E-state index contributed by atoms with van der Waals surface area (Å²) in [7, 11) is 0. The van der Waals surface area contributed by atoms with Crippen LogP contribution in [0.15, 0.2) is 0 Å². The van der Waals surface area contributed by atoms with Crippen LogP contribution in [0.2, 0.25) is 0 Å². The maximum Gasteiger partial charge on any atom is 2.00 e. The van der Waals surface area contributed by atoms with Gasteiger partial charge in [0.15, 0.2) is 0 Å². The largest absolute Gasteiger partial charge is 2.00 e. The summed E-state index contributed by atoms with van der Waals surface area (Å²) in [4.78, 5) is 0. The Bertz CT molecular complexity index is 140. The molecule has 1 radical (unpaired) electrons. The molecule has 0 saturated heterocycles. The number of nitrogens with zero attached hydrogens (tertiary/aromatic N) is 1. The van der Waals surface area contributed by atoms with Crippen LogP contribution in [0.3, 0.4) is 0 Å². The summed E-state index contributed by atoms with van der Waals surface area (Å²) in [5.74, 6) is 0. The van der Waals surface area contributed by atoms with Gasteiger partial charge in [0.2, 0.25) is 0 Å². The van der Waals surface area contributed by atoms with E-state index < -0.39 is 0 Å². The fourth-order valence-corrected chi connectivity index (χ4v) is 2.64. The first-order valence-electron chi connectivity index (χ1n) is 8.09. The van der Waals surface area contributed by atoms with Crippen LogP contribution in [0.25, 0.3) is 0 Å². The van der Waals surface area contributed by atoms with Crippen molar-refractivity contribution >= 4 is 0 Å². The summed E-state index contributed by atoms with van der Waals surface area (Å²) >= 11 is 0. The monoisotopic (exact) mass is 529 g/mol. The molecule has 0 aliphatic heterocycles. The van der Waals surface area contributed by atoms with Gasteiger partial charge in [-0.3, -0.25) is 0 Å². The number of unbranched alkanes of at least 4 members (excludes halogenated alkanes) is 4. The van der Waals surface area contributed by atoms with Crippen LogP contribution in [0.1, 0.15) is 79.1 Å². The van der Waals surface area contributed by atoms with Crippen molar-refractivity contribution in [3.63, 3.8) is 0 Å². The molecule has 0 aliphatic rings. The van der Waals surface area contributed by atoms with E-state index in [9.17, 15) is 0 Å². The maximum atomic E-state index is 2.33. The summed E-state index contributed by atoms with van der Waals surface area (Å²) in [6, 6.07) is 0. The van der Waals surface area contributed by atoms with E-state index in [1.807, 2.05) is 0 Å². The molecule has 6 heteroatoms. The summed E-state index contributed by atoms with van der Waals surface area (Å²) in [6.45, 7) is 15.0.